The quantitative estimate of drug-likeness (QED) is 0.302. The van der Waals surface area contributed by atoms with Crippen LogP contribution in [0.4, 0.5) is 0 Å². The monoisotopic (exact) mass is 315 g/mol. The molecule has 0 spiro atoms. The van der Waals surface area contributed by atoms with Crippen molar-refractivity contribution in [2.45, 2.75) is 38.3 Å². The molecule has 0 aliphatic heterocycles. The maximum Gasteiger partial charge on any atom is 0.243 e. The van der Waals surface area contributed by atoms with Gasteiger partial charge >= 0.3 is 0 Å². The third kappa shape index (κ3) is 7.82. The highest BCUT2D eigenvalue weighted by Gasteiger charge is 2.27. The molecule has 0 fully saturated rings. The van der Waals surface area contributed by atoms with E-state index < -0.39 is 48.0 Å². The van der Waals surface area contributed by atoms with E-state index in [0.717, 1.165) is 0 Å². The molecule has 0 saturated carbocycles. The highest BCUT2D eigenvalue weighted by atomic mass is 16.2. The van der Waals surface area contributed by atoms with Crippen molar-refractivity contribution in [3.63, 3.8) is 0 Å². The minimum absolute atomic E-state index is 0.00981. The Hall–Kier alpha value is -2.65. The Balaban J connectivity index is 4.92. The zero-order valence-electron chi connectivity index (χ0n) is 12.5. The Morgan fingerprint density at radius 1 is 0.909 bits per heavy atom. The molecule has 10 nitrogen and oxygen atoms in total. The Labute approximate surface area is 127 Å². The van der Waals surface area contributed by atoms with Crippen LogP contribution in [0.1, 0.15) is 26.2 Å². The van der Waals surface area contributed by atoms with Crippen LogP contribution in [0.3, 0.4) is 0 Å². The minimum Gasteiger partial charge on any atom is -0.370 e. The van der Waals surface area contributed by atoms with Gasteiger partial charge in [-0.05, 0) is 6.42 Å². The molecule has 0 aliphatic carbocycles. The number of nitrogens with one attached hydrogen (secondary N) is 3. The SMILES string of the molecule is CNC(=O)[C@H](CCC(N)=O)NC(=O)[C@H](CC(N)=O)NC(C)=O. The maximum absolute atomic E-state index is 12.1. The van der Waals surface area contributed by atoms with Crippen LogP contribution in [0.25, 0.3) is 0 Å². The molecule has 124 valence electrons. The van der Waals surface area contributed by atoms with Crippen LogP contribution in [-0.4, -0.2) is 48.7 Å². The lowest BCUT2D eigenvalue weighted by atomic mass is 10.1. The van der Waals surface area contributed by atoms with Crippen LogP contribution in [0.2, 0.25) is 0 Å². The van der Waals surface area contributed by atoms with Gasteiger partial charge in [0.05, 0.1) is 6.42 Å². The highest BCUT2D eigenvalue weighted by Crippen LogP contribution is 2.00. The number of amides is 5. The summed E-state index contributed by atoms with van der Waals surface area (Å²) < 4.78 is 0. The number of likely N-dealkylation sites (N-methyl/N-ethyl adjacent to an activating group) is 1. The van der Waals surface area contributed by atoms with E-state index in [9.17, 15) is 24.0 Å². The lowest BCUT2D eigenvalue weighted by Gasteiger charge is -2.21. The standard InChI is InChI=1S/C12H21N5O5/c1-6(18)16-8(5-10(14)20)12(22)17-7(11(21)15-2)3-4-9(13)19/h7-8H,3-5H2,1-2H3,(H2,13,19)(H2,14,20)(H,15,21)(H,16,18)(H,17,22)/t7-,8-/m0/s1. The molecule has 0 radical (unpaired) electrons. The highest BCUT2D eigenvalue weighted by molar-refractivity contribution is 5.94. The molecule has 0 aromatic carbocycles. The summed E-state index contributed by atoms with van der Waals surface area (Å²) in [6.45, 7) is 1.17. The van der Waals surface area contributed by atoms with Gasteiger partial charge in [0, 0.05) is 20.4 Å². The van der Waals surface area contributed by atoms with Gasteiger partial charge in [0.25, 0.3) is 0 Å². The third-order valence-corrected chi connectivity index (χ3v) is 2.66. The van der Waals surface area contributed by atoms with Crippen molar-refractivity contribution >= 4 is 29.5 Å². The Morgan fingerprint density at radius 3 is 1.91 bits per heavy atom. The molecule has 0 aromatic heterocycles. The van der Waals surface area contributed by atoms with E-state index in [1.54, 1.807) is 0 Å². The van der Waals surface area contributed by atoms with Gasteiger partial charge in [0.15, 0.2) is 0 Å². The molecule has 0 bridgehead atoms. The van der Waals surface area contributed by atoms with E-state index in [1.807, 2.05) is 0 Å². The fourth-order valence-corrected chi connectivity index (χ4v) is 1.66. The molecule has 2 atom stereocenters. The summed E-state index contributed by atoms with van der Waals surface area (Å²) in [7, 11) is 1.36. The van der Waals surface area contributed by atoms with Crippen LogP contribution in [-0.2, 0) is 24.0 Å². The van der Waals surface area contributed by atoms with Gasteiger partial charge in [-0.15, -0.1) is 0 Å². The van der Waals surface area contributed by atoms with Crippen LogP contribution in [0, 0.1) is 0 Å². The van der Waals surface area contributed by atoms with Gasteiger partial charge in [-0.1, -0.05) is 0 Å². The van der Waals surface area contributed by atoms with Gasteiger partial charge in [-0.3, -0.25) is 24.0 Å². The van der Waals surface area contributed by atoms with Crippen molar-refractivity contribution in [3.8, 4) is 0 Å². The summed E-state index contributed by atoms with van der Waals surface area (Å²) in [4.78, 5) is 56.5. The fraction of sp³-hybridized carbons (Fsp3) is 0.583. The Kier molecular flexibility index (Phi) is 8.19. The van der Waals surface area contributed by atoms with E-state index >= 15 is 0 Å². The van der Waals surface area contributed by atoms with E-state index in [-0.39, 0.29) is 12.8 Å². The number of carbonyl (C=O) groups excluding carboxylic acids is 5. The zero-order valence-corrected chi connectivity index (χ0v) is 12.5. The molecule has 0 heterocycles. The summed E-state index contributed by atoms with van der Waals surface area (Å²) in [5, 5.41) is 6.95. The van der Waals surface area contributed by atoms with Crippen molar-refractivity contribution in [1.29, 1.82) is 0 Å². The van der Waals surface area contributed by atoms with E-state index in [1.165, 1.54) is 14.0 Å². The molecule has 0 unspecified atom stereocenters. The van der Waals surface area contributed by atoms with Crippen molar-refractivity contribution in [2.75, 3.05) is 7.05 Å². The Bertz CT molecular complexity index is 449. The van der Waals surface area contributed by atoms with E-state index in [4.69, 9.17) is 11.5 Å². The molecule has 0 rings (SSSR count). The lowest BCUT2D eigenvalue weighted by molar-refractivity contribution is -0.133. The number of nitrogens with two attached hydrogens (primary N) is 2. The molecular formula is C12H21N5O5. The van der Waals surface area contributed by atoms with Crippen LogP contribution < -0.4 is 27.4 Å². The molecule has 22 heavy (non-hydrogen) atoms. The molecular weight excluding hydrogens is 294 g/mol. The minimum atomic E-state index is -1.20. The second-order valence-electron chi connectivity index (χ2n) is 4.60. The van der Waals surface area contributed by atoms with Crippen molar-refractivity contribution in [3.05, 3.63) is 0 Å². The first-order chi connectivity index (χ1) is 10.2. The third-order valence-electron chi connectivity index (χ3n) is 2.66. The van der Waals surface area contributed by atoms with Crippen molar-refractivity contribution in [1.82, 2.24) is 16.0 Å². The average Bonchev–Trinajstić information content (AvgIpc) is 2.40. The van der Waals surface area contributed by atoms with Crippen molar-refractivity contribution < 1.29 is 24.0 Å². The molecule has 0 aromatic rings. The first-order valence-electron chi connectivity index (χ1n) is 6.53. The largest absolute Gasteiger partial charge is 0.370 e. The first kappa shape index (κ1) is 19.4. The van der Waals surface area contributed by atoms with E-state index in [0.29, 0.717) is 0 Å². The first-order valence-corrected chi connectivity index (χ1v) is 6.53. The van der Waals surface area contributed by atoms with Crippen molar-refractivity contribution in [2.24, 2.45) is 11.5 Å². The molecule has 0 saturated heterocycles. The predicted octanol–water partition coefficient (Wildman–Crippen LogP) is -3.14. The number of primary amides is 2. The predicted molar refractivity (Wildman–Crippen MR) is 75.8 cm³/mol. The summed E-state index contributed by atoms with van der Waals surface area (Å²) >= 11 is 0. The average molecular weight is 315 g/mol. The van der Waals surface area contributed by atoms with Gasteiger partial charge < -0.3 is 27.4 Å². The van der Waals surface area contributed by atoms with Crippen LogP contribution in [0.15, 0.2) is 0 Å². The molecule has 7 N–H and O–H groups in total. The topological polar surface area (TPSA) is 173 Å². The number of hydrogen-bond acceptors (Lipinski definition) is 5. The lowest BCUT2D eigenvalue weighted by Crippen LogP contribution is -2.54. The summed E-state index contributed by atoms with van der Waals surface area (Å²) in [6.07, 6.45) is -0.537. The summed E-state index contributed by atoms with van der Waals surface area (Å²) in [5.74, 6) is -3.24. The van der Waals surface area contributed by atoms with E-state index in [2.05, 4.69) is 16.0 Å². The van der Waals surface area contributed by atoms with Crippen LogP contribution >= 0.6 is 0 Å². The zero-order chi connectivity index (χ0) is 17.3. The van der Waals surface area contributed by atoms with Gasteiger partial charge in [0.1, 0.15) is 12.1 Å². The number of rotatable bonds is 9. The normalized spacial score (nSPS) is 12.6. The second-order valence-corrected chi connectivity index (χ2v) is 4.60. The Morgan fingerprint density at radius 2 is 1.50 bits per heavy atom. The fourth-order valence-electron chi connectivity index (χ4n) is 1.66. The maximum atomic E-state index is 12.1. The van der Waals surface area contributed by atoms with Crippen LogP contribution in [0.5, 0.6) is 0 Å². The molecule has 5 amide bonds. The number of hydrogen-bond donors (Lipinski definition) is 5. The smallest absolute Gasteiger partial charge is 0.243 e. The summed E-state index contributed by atoms with van der Waals surface area (Å²) in [5.41, 5.74) is 10.0. The van der Waals surface area contributed by atoms with Gasteiger partial charge in [0.2, 0.25) is 29.5 Å². The second kappa shape index (κ2) is 9.32. The summed E-state index contributed by atoms with van der Waals surface area (Å²) in [6, 6.07) is -2.22. The molecule has 10 heteroatoms. The van der Waals surface area contributed by atoms with Gasteiger partial charge in [-0.25, -0.2) is 0 Å². The number of carbonyl (C=O) groups is 5. The van der Waals surface area contributed by atoms with Gasteiger partial charge in [-0.2, -0.15) is 0 Å². The molecule has 0 aliphatic rings.